The lowest BCUT2D eigenvalue weighted by Crippen LogP contribution is -2.24. The van der Waals surface area contributed by atoms with Gasteiger partial charge in [0.2, 0.25) is 0 Å². The van der Waals surface area contributed by atoms with Gasteiger partial charge in [-0.3, -0.25) is 4.79 Å². The lowest BCUT2D eigenvalue weighted by atomic mass is 9.95. The predicted molar refractivity (Wildman–Crippen MR) is 113 cm³/mol. The van der Waals surface area contributed by atoms with E-state index in [2.05, 4.69) is 0 Å². The Bertz CT molecular complexity index is 1330. The molecule has 0 atom stereocenters. The van der Waals surface area contributed by atoms with E-state index in [1.165, 1.54) is 37.4 Å². The monoisotopic (exact) mass is 478 g/mol. The van der Waals surface area contributed by atoms with Gasteiger partial charge in [-0.15, -0.1) is 0 Å². The third kappa shape index (κ3) is 4.80. The number of anilines is 1. The van der Waals surface area contributed by atoms with Crippen molar-refractivity contribution in [3.8, 4) is 22.6 Å². The Morgan fingerprint density at radius 3 is 2.29 bits per heavy atom. The summed E-state index contributed by atoms with van der Waals surface area (Å²) in [5.41, 5.74) is 1.80. The fourth-order valence-corrected chi connectivity index (χ4v) is 3.28. The van der Waals surface area contributed by atoms with Gasteiger partial charge >= 0.3 is 18.1 Å². The van der Waals surface area contributed by atoms with Crippen LogP contribution in [0.3, 0.4) is 0 Å². The maximum Gasteiger partial charge on any atom is 0.416 e. The van der Waals surface area contributed by atoms with Crippen molar-refractivity contribution < 1.29 is 42.4 Å². The second-order valence-electron chi connectivity index (χ2n) is 6.96. The minimum atomic E-state index is -4.55. The number of hydrogen-bond donors (Lipinski definition) is 4. The Hall–Kier alpha value is -4.48. The minimum Gasteiger partial charge on any atom is -0.493 e. The molecule has 0 saturated carbocycles. The number of H-pyrrole nitrogens is 1. The van der Waals surface area contributed by atoms with Crippen molar-refractivity contribution in [2.24, 2.45) is 0 Å². The number of aromatic amines is 1. The summed E-state index contributed by atoms with van der Waals surface area (Å²) in [7, 11) is 1.29. The summed E-state index contributed by atoms with van der Waals surface area (Å²) in [6.07, 6.45) is -4.55. The zero-order valence-electron chi connectivity index (χ0n) is 17.4. The summed E-state index contributed by atoms with van der Waals surface area (Å²) >= 11 is 0. The van der Waals surface area contributed by atoms with Crippen molar-refractivity contribution in [3.05, 3.63) is 75.1 Å². The molecule has 0 spiro atoms. The van der Waals surface area contributed by atoms with Gasteiger partial charge in [-0.2, -0.15) is 13.2 Å². The second kappa shape index (κ2) is 9.17. The molecule has 12 heteroatoms. The highest BCUT2D eigenvalue weighted by Gasteiger charge is 2.30. The molecule has 9 nitrogen and oxygen atoms in total. The number of aromatic nitrogens is 1. The maximum atomic E-state index is 13.0. The standard InChI is InChI=1S/C22H17F3N2O7/c1-33-13-6-5-11(15-16(20(29)30)18(26)27-19(28)17(15)21(31)32)8-14(13)34-9-10-3-2-4-12(7-10)22(23,24)25/h2-8H,9H2,1H3,(H,29,30)(H,31,32)(H3,26,27,28). The Balaban J connectivity index is 2.11. The highest BCUT2D eigenvalue weighted by Crippen LogP contribution is 2.37. The average Bonchev–Trinajstić information content (AvgIpc) is 2.76. The Kier molecular flexibility index (Phi) is 6.52. The summed E-state index contributed by atoms with van der Waals surface area (Å²) in [6, 6.07) is 8.26. The fourth-order valence-electron chi connectivity index (χ4n) is 3.28. The number of hydrogen-bond acceptors (Lipinski definition) is 6. The number of carbonyl (C=O) groups is 2. The minimum absolute atomic E-state index is 0.0380. The van der Waals surface area contributed by atoms with Gasteiger partial charge in [0.05, 0.1) is 12.7 Å². The molecule has 178 valence electrons. The number of carboxylic acids is 2. The predicted octanol–water partition coefficient (Wildman–Crippen LogP) is 3.63. The molecular formula is C22H17F3N2O7. The Labute approximate surface area is 189 Å². The van der Waals surface area contributed by atoms with Crippen molar-refractivity contribution >= 4 is 17.8 Å². The molecule has 0 amide bonds. The molecule has 3 aromatic rings. The molecule has 0 aliphatic heterocycles. The van der Waals surface area contributed by atoms with Crippen LogP contribution in [0.5, 0.6) is 11.5 Å². The third-order valence-corrected chi connectivity index (χ3v) is 4.77. The number of benzene rings is 2. The van der Waals surface area contributed by atoms with E-state index in [4.69, 9.17) is 15.2 Å². The summed E-state index contributed by atoms with van der Waals surface area (Å²) in [4.78, 5) is 37.7. The van der Waals surface area contributed by atoms with Crippen molar-refractivity contribution in [1.82, 2.24) is 4.98 Å². The Morgan fingerprint density at radius 1 is 1.03 bits per heavy atom. The van der Waals surface area contributed by atoms with Gasteiger partial charge in [-0.05, 0) is 35.4 Å². The quantitative estimate of drug-likeness (QED) is 0.402. The molecule has 0 fully saturated rings. The van der Waals surface area contributed by atoms with E-state index in [0.29, 0.717) is 0 Å². The molecule has 0 aliphatic carbocycles. The van der Waals surface area contributed by atoms with Crippen LogP contribution in [-0.2, 0) is 12.8 Å². The summed E-state index contributed by atoms with van der Waals surface area (Å²) < 4.78 is 49.7. The van der Waals surface area contributed by atoms with Crippen LogP contribution in [0.1, 0.15) is 31.8 Å². The molecule has 0 aliphatic rings. The molecule has 0 bridgehead atoms. The van der Waals surface area contributed by atoms with Crippen LogP contribution >= 0.6 is 0 Å². The average molecular weight is 478 g/mol. The molecule has 3 rings (SSSR count). The molecule has 0 radical (unpaired) electrons. The number of nitrogens with two attached hydrogens (primary N) is 1. The summed E-state index contributed by atoms with van der Waals surface area (Å²) in [5.74, 6) is -3.75. The normalized spacial score (nSPS) is 11.2. The maximum absolute atomic E-state index is 13.0. The number of methoxy groups -OCH3 is 1. The van der Waals surface area contributed by atoms with Crippen molar-refractivity contribution in [1.29, 1.82) is 0 Å². The summed E-state index contributed by atoms with van der Waals surface area (Å²) in [5, 5.41) is 19.1. The summed E-state index contributed by atoms with van der Waals surface area (Å²) in [6.45, 7) is -0.321. The Morgan fingerprint density at radius 2 is 1.71 bits per heavy atom. The van der Waals surface area contributed by atoms with E-state index >= 15 is 0 Å². The molecule has 0 unspecified atom stereocenters. The van der Waals surface area contributed by atoms with Crippen LogP contribution in [0, 0.1) is 0 Å². The number of carboxylic acid groups (broad SMARTS) is 2. The first-order chi connectivity index (χ1) is 15.9. The second-order valence-corrected chi connectivity index (χ2v) is 6.96. The highest BCUT2D eigenvalue weighted by atomic mass is 19.4. The largest absolute Gasteiger partial charge is 0.493 e. The molecule has 1 heterocycles. The first kappa shape index (κ1) is 24.2. The van der Waals surface area contributed by atoms with Crippen LogP contribution in [0.2, 0.25) is 0 Å². The van der Waals surface area contributed by atoms with E-state index in [1.807, 2.05) is 4.98 Å². The third-order valence-electron chi connectivity index (χ3n) is 4.77. The van der Waals surface area contributed by atoms with Crippen molar-refractivity contribution in [3.63, 3.8) is 0 Å². The van der Waals surface area contributed by atoms with Crippen molar-refractivity contribution in [2.45, 2.75) is 12.8 Å². The number of ether oxygens (including phenoxy) is 2. The van der Waals surface area contributed by atoms with Crippen LogP contribution < -0.4 is 20.8 Å². The lowest BCUT2D eigenvalue weighted by Gasteiger charge is -2.16. The van der Waals surface area contributed by atoms with E-state index in [9.17, 15) is 37.8 Å². The zero-order chi connectivity index (χ0) is 25.2. The number of nitrogen functional groups attached to an aromatic ring is 1. The number of nitrogens with one attached hydrogen (secondary N) is 1. The number of alkyl halides is 3. The van der Waals surface area contributed by atoms with Gasteiger partial charge in [-0.1, -0.05) is 18.2 Å². The van der Waals surface area contributed by atoms with Gasteiger partial charge in [-0.25, -0.2) is 9.59 Å². The van der Waals surface area contributed by atoms with Crippen LogP contribution in [0.15, 0.2) is 47.3 Å². The van der Waals surface area contributed by atoms with Crippen LogP contribution in [0.4, 0.5) is 19.0 Å². The van der Waals surface area contributed by atoms with Gasteiger partial charge in [0.25, 0.3) is 5.56 Å². The van der Waals surface area contributed by atoms with Gasteiger partial charge in [0.15, 0.2) is 11.5 Å². The number of rotatable bonds is 7. The van der Waals surface area contributed by atoms with E-state index in [1.54, 1.807) is 0 Å². The topological polar surface area (TPSA) is 152 Å². The first-order valence-corrected chi connectivity index (χ1v) is 9.43. The number of pyridine rings is 1. The number of halogens is 3. The molecule has 34 heavy (non-hydrogen) atoms. The van der Waals surface area contributed by atoms with E-state index in [0.717, 1.165) is 12.1 Å². The highest BCUT2D eigenvalue weighted by molar-refractivity contribution is 6.07. The number of aromatic carboxylic acids is 2. The van der Waals surface area contributed by atoms with E-state index in [-0.39, 0.29) is 29.2 Å². The van der Waals surface area contributed by atoms with Gasteiger partial charge in [0, 0.05) is 5.56 Å². The lowest BCUT2D eigenvalue weighted by molar-refractivity contribution is -0.137. The van der Waals surface area contributed by atoms with E-state index < -0.39 is 51.7 Å². The molecule has 0 saturated heterocycles. The zero-order valence-corrected chi connectivity index (χ0v) is 17.4. The smallest absolute Gasteiger partial charge is 0.416 e. The van der Waals surface area contributed by atoms with Gasteiger partial charge < -0.3 is 30.4 Å². The van der Waals surface area contributed by atoms with Crippen molar-refractivity contribution in [2.75, 3.05) is 12.8 Å². The van der Waals surface area contributed by atoms with Crippen LogP contribution in [-0.4, -0.2) is 34.2 Å². The molecule has 1 aromatic heterocycles. The SMILES string of the molecule is COc1ccc(-c2c(C(=O)O)c(N)[nH]c(=O)c2C(=O)O)cc1OCc1cccc(C(F)(F)F)c1. The molecule has 5 N–H and O–H groups in total. The van der Waals surface area contributed by atoms with Crippen LogP contribution in [0.25, 0.3) is 11.1 Å². The fraction of sp³-hybridized carbons (Fsp3) is 0.136. The van der Waals surface area contributed by atoms with Gasteiger partial charge in [0.1, 0.15) is 23.6 Å². The molecular weight excluding hydrogens is 461 g/mol. The molecule has 2 aromatic carbocycles. The first-order valence-electron chi connectivity index (χ1n) is 9.43.